The largest absolute Gasteiger partial charge is 0.462 e. The zero-order valence-electron chi connectivity index (χ0n) is 16.2. The van der Waals surface area contributed by atoms with Gasteiger partial charge in [-0.3, -0.25) is 4.79 Å². The Morgan fingerprint density at radius 1 is 1.14 bits per heavy atom. The van der Waals surface area contributed by atoms with Gasteiger partial charge in [0, 0.05) is 5.69 Å². The van der Waals surface area contributed by atoms with Crippen molar-refractivity contribution in [1.82, 2.24) is 20.2 Å². The molecule has 0 fully saturated rings. The van der Waals surface area contributed by atoms with Crippen LogP contribution in [0.1, 0.15) is 29.3 Å². The number of benzene rings is 2. The smallest absolute Gasteiger partial charge is 0.338 e. The lowest BCUT2D eigenvalue weighted by molar-refractivity contribution is -0.113. The number of ether oxygens (including phenoxy) is 1. The SMILES string of the molecule is CCCOC(=O)c1ccc(NC(=O)CSc2nnnn2-c2ccccc2C)cc1. The van der Waals surface area contributed by atoms with Crippen LogP contribution in [0, 0.1) is 6.92 Å². The van der Waals surface area contributed by atoms with Crippen LogP contribution >= 0.6 is 11.8 Å². The summed E-state index contributed by atoms with van der Waals surface area (Å²) in [6.07, 6.45) is 0.769. The number of tetrazole rings is 1. The Morgan fingerprint density at radius 3 is 2.62 bits per heavy atom. The first-order valence-electron chi connectivity index (χ1n) is 9.12. The Kier molecular flexibility index (Phi) is 6.96. The number of hydrogen-bond donors (Lipinski definition) is 1. The highest BCUT2D eigenvalue weighted by molar-refractivity contribution is 7.99. The Bertz CT molecular complexity index is 988. The van der Waals surface area contributed by atoms with Gasteiger partial charge in [-0.2, -0.15) is 4.68 Å². The summed E-state index contributed by atoms with van der Waals surface area (Å²) in [5.41, 5.74) is 2.94. The summed E-state index contributed by atoms with van der Waals surface area (Å²) >= 11 is 1.24. The number of rotatable bonds is 8. The molecule has 0 saturated carbocycles. The average Bonchev–Trinajstić information content (AvgIpc) is 3.20. The maximum atomic E-state index is 12.3. The standard InChI is InChI=1S/C20H21N5O3S/c1-3-12-28-19(27)15-8-10-16(11-9-15)21-18(26)13-29-20-22-23-24-25(20)17-7-5-4-6-14(17)2/h4-11H,3,12-13H2,1-2H3,(H,21,26). The number of amides is 1. The molecule has 0 unspecified atom stereocenters. The van der Waals surface area contributed by atoms with Crippen LogP contribution in [-0.4, -0.2) is 44.4 Å². The molecule has 0 aliphatic heterocycles. The summed E-state index contributed by atoms with van der Waals surface area (Å²) in [6, 6.07) is 14.3. The highest BCUT2D eigenvalue weighted by Gasteiger charge is 2.13. The third-order valence-corrected chi connectivity index (χ3v) is 4.88. The van der Waals surface area contributed by atoms with Crippen molar-refractivity contribution in [3.63, 3.8) is 0 Å². The Balaban J connectivity index is 1.57. The molecule has 2 aromatic carbocycles. The van der Waals surface area contributed by atoms with Crippen LogP contribution in [0.5, 0.6) is 0 Å². The number of aryl methyl sites for hydroxylation is 1. The second-order valence-electron chi connectivity index (χ2n) is 6.21. The predicted octanol–water partition coefficient (Wildman–Crippen LogP) is 3.27. The van der Waals surface area contributed by atoms with Crippen molar-refractivity contribution in [2.75, 3.05) is 17.7 Å². The van der Waals surface area contributed by atoms with E-state index in [2.05, 4.69) is 20.8 Å². The molecule has 1 N–H and O–H groups in total. The predicted molar refractivity (Wildman–Crippen MR) is 110 cm³/mol. The van der Waals surface area contributed by atoms with E-state index in [0.717, 1.165) is 17.7 Å². The second kappa shape index (κ2) is 9.83. The number of esters is 1. The molecule has 0 bridgehead atoms. The zero-order valence-corrected chi connectivity index (χ0v) is 17.0. The van der Waals surface area contributed by atoms with Crippen molar-refractivity contribution in [2.45, 2.75) is 25.4 Å². The topological polar surface area (TPSA) is 99.0 Å². The highest BCUT2D eigenvalue weighted by Crippen LogP contribution is 2.20. The van der Waals surface area contributed by atoms with Crippen LogP contribution in [0.2, 0.25) is 0 Å². The lowest BCUT2D eigenvalue weighted by atomic mass is 10.2. The molecule has 29 heavy (non-hydrogen) atoms. The Hall–Kier alpha value is -3.20. The number of carbonyl (C=O) groups is 2. The number of anilines is 1. The van der Waals surface area contributed by atoms with Gasteiger partial charge in [0.2, 0.25) is 11.1 Å². The number of thioether (sulfide) groups is 1. The van der Waals surface area contributed by atoms with Gasteiger partial charge < -0.3 is 10.1 Å². The van der Waals surface area contributed by atoms with Gasteiger partial charge in [-0.25, -0.2) is 4.79 Å². The molecular formula is C20H21N5O3S. The van der Waals surface area contributed by atoms with Crippen molar-refractivity contribution in [3.8, 4) is 5.69 Å². The fourth-order valence-electron chi connectivity index (χ4n) is 2.52. The van der Waals surface area contributed by atoms with Gasteiger partial charge >= 0.3 is 5.97 Å². The van der Waals surface area contributed by atoms with Crippen LogP contribution in [0.3, 0.4) is 0 Å². The number of nitrogens with one attached hydrogen (secondary N) is 1. The van der Waals surface area contributed by atoms with E-state index in [-0.39, 0.29) is 17.6 Å². The summed E-state index contributed by atoms with van der Waals surface area (Å²) in [7, 11) is 0. The van der Waals surface area contributed by atoms with Crippen molar-refractivity contribution < 1.29 is 14.3 Å². The van der Waals surface area contributed by atoms with E-state index in [1.54, 1.807) is 28.9 Å². The normalized spacial score (nSPS) is 10.6. The van der Waals surface area contributed by atoms with Gasteiger partial charge in [0.05, 0.1) is 23.6 Å². The third kappa shape index (κ3) is 5.41. The average molecular weight is 411 g/mol. The molecule has 0 saturated heterocycles. The molecule has 0 aliphatic rings. The number of aromatic nitrogens is 4. The lowest BCUT2D eigenvalue weighted by Crippen LogP contribution is -2.15. The van der Waals surface area contributed by atoms with Gasteiger partial charge in [0.15, 0.2) is 0 Å². The first-order chi connectivity index (χ1) is 14.1. The highest BCUT2D eigenvalue weighted by atomic mass is 32.2. The molecule has 9 heteroatoms. The molecule has 1 amide bonds. The summed E-state index contributed by atoms with van der Waals surface area (Å²) in [5.74, 6) is -0.425. The van der Waals surface area contributed by atoms with Gasteiger partial charge in [-0.15, -0.1) is 5.10 Å². The molecule has 0 radical (unpaired) electrons. The van der Waals surface area contributed by atoms with E-state index in [4.69, 9.17) is 4.74 Å². The van der Waals surface area contributed by atoms with Crippen LogP contribution in [-0.2, 0) is 9.53 Å². The van der Waals surface area contributed by atoms with Gasteiger partial charge in [0.25, 0.3) is 0 Å². The van der Waals surface area contributed by atoms with E-state index < -0.39 is 0 Å². The minimum absolute atomic E-state index is 0.145. The Labute approximate surface area is 172 Å². The molecule has 3 rings (SSSR count). The maximum absolute atomic E-state index is 12.3. The minimum Gasteiger partial charge on any atom is -0.462 e. The third-order valence-electron chi connectivity index (χ3n) is 3.96. The molecule has 1 aromatic heterocycles. The van der Waals surface area contributed by atoms with Crippen LogP contribution < -0.4 is 5.32 Å². The summed E-state index contributed by atoms with van der Waals surface area (Å²) < 4.78 is 6.70. The summed E-state index contributed by atoms with van der Waals surface area (Å²) in [5, 5.41) is 15.1. The quantitative estimate of drug-likeness (QED) is 0.449. The molecule has 150 valence electrons. The second-order valence-corrected chi connectivity index (χ2v) is 7.15. The van der Waals surface area contributed by atoms with Crippen molar-refractivity contribution in [2.24, 2.45) is 0 Å². The minimum atomic E-state index is -0.372. The van der Waals surface area contributed by atoms with Crippen LogP contribution in [0.4, 0.5) is 5.69 Å². The van der Waals surface area contributed by atoms with E-state index in [1.807, 2.05) is 38.1 Å². The maximum Gasteiger partial charge on any atom is 0.338 e. The van der Waals surface area contributed by atoms with Crippen molar-refractivity contribution in [3.05, 3.63) is 59.7 Å². The summed E-state index contributed by atoms with van der Waals surface area (Å²) in [6.45, 7) is 4.29. The number of carbonyl (C=O) groups excluding carboxylic acids is 2. The molecule has 3 aromatic rings. The van der Waals surface area contributed by atoms with Gasteiger partial charge in [-0.05, 0) is 59.7 Å². The van der Waals surface area contributed by atoms with Crippen molar-refractivity contribution in [1.29, 1.82) is 0 Å². The molecule has 0 atom stereocenters. The number of nitrogens with zero attached hydrogens (tertiary/aromatic N) is 4. The monoisotopic (exact) mass is 411 g/mol. The lowest BCUT2D eigenvalue weighted by Gasteiger charge is -2.08. The zero-order chi connectivity index (χ0) is 20.6. The molecule has 8 nitrogen and oxygen atoms in total. The van der Waals surface area contributed by atoms with Gasteiger partial charge in [-0.1, -0.05) is 36.9 Å². The van der Waals surface area contributed by atoms with E-state index in [1.165, 1.54) is 11.8 Å². The van der Waals surface area contributed by atoms with Crippen LogP contribution in [0.25, 0.3) is 5.69 Å². The number of para-hydroxylation sites is 1. The summed E-state index contributed by atoms with van der Waals surface area (Å²) in [4.78, 5) is 24.1. The van der Waals surface area contributed by atoms with Crippen LogP contribution in [0.15, 0.2) is 53.7 Å². The fourth-order valence-corrected chi connectivity index (χ4v) is 3.20. The van der Waals surface area contributed by atoms with Gasteiger partial charge in [0.1, 0.15) is 0 Å². The van der Waals surface area contributed by atoms with E-state index in [0.29, 0.717) is 23.0 Å². The Morgan fingerprint density at radius 2 is 1.90 bits per heavy atom. The molecular weight excluding hydrogens is 390 g/mol. The van der Waals surface area contributed by atoms with Crippen molar-refractivity contribution >= 4 is 29.3 Å². The van der Waals surface area contributed by atoms with E-state index >= 15 is 0 Å². The first kappa shape index (κ1) is 20.5. The number of hydrogen-bond acceptors (Lipinski definition) is 7. The molecule has 1 heterocycles. The molecule has 0 spiro atoms. The van der Waals surface area contributed by atoms with E-state index in [9.17, 15) is 9.59 Å². The fraction of sp³-hybridized carbons (Fsp3) is 0.250. The first-order valence-corrected chi connectivity index (χ1v) is 10.1. The molecule has 0 aliphatic carbocycles.